The van der Waals surface area contributed by atoms with Gasteiger partial charge in [-0.15, -0.1) is 0 Å². The van der Waals surface area contributed by atoms with E-state index < -0.39 is 8.07 Å². The molecule has 5 heteroatoms. The van der Waals surface area contributed by atoms with Crippen molar-refractivity contribution in [3.63, 3.8) is 0 Å². The molecule has 7 aromatic rings. The van der Waals surface area contributed by atoms with Crippen molar-refractivity contribution in [1.82, 2.24) is 0 Å². The number of benzene rings is 7. The Bertz CT molecular complexity index is 2310. The molecule has 216 valence electrons. The van der Waals surface area contributed by atoms with Crippen molar-refractivity contribution in [2.45, 2.75) is 32.7 Å². The van der Waals surface area contributed by atoms with E-state index in [4.69, 9.17) is 4.74 Å². The van der Waals surface area contributed by atoms with Crippen LogP contribution in [-0.2, 0) is 0 Å². The van der Waals surface area contributed by atoms with Gasteiger partial charge in [0, 0.05) is 15.5 Å². The number of hydrogen-bond acceptors (Lipinski definition) is 4. The van der Waals surface area contributed by atoms with Gasteiger partial charge in [0.1, 0.15) is 13.8 Å². The Balaban J connectivity index is 1.30. The molecule has 7 aromatic carbocycles. The first-order valence-electron chi connectivity index (χ1n) is 15.3. The fourth-order valence-electron chi connectivity index (χ4n) is 6.81. The fraction of sp³-hybridized carbons (Fsp3) is 0.0500. The second-order valence-electron chi connectivity index (χ2n) is 12.2. The van der Waals surface area contributed by atoms with Crippen molar-refractivity contribution >= 4 is 80.6 Å². The van der Waals surface area contributed by atoms with E-state index in [1.165, 1.54) is 47.4 Å². The maximum atomic E-state index is 6.76. The molecule has 0 atom stereocenters. The monoisotopic (exact) mass is 631 g/mol. The minimum absolute atomic E-state index is 0.898. The summed E-state index contributed by atoms with van der Waals surface area (Å²) in [5.74, 6) is 1.80. The molecule has 45 heavy (non-hydrogen) atoms. The number of para-hydroxylation sites is 2. The first kappa shape index (κ1) is 26.9. The first-order valence-corrected chi connectivity index (χ1v) is 19.9. The Morgan fingerprint density at radius 1 is 0.511 bits per heavy atom. The van der Waals surface area contributed by atoms with Gasteiger partial charge in [-0.1, -0.05) is 115 Å². The fourth-order valence-corrected chi connectivity index (χ4v) is 13.3. The molecule has 2 heterocycles. The van der Waals surface area contributed by atoms with Gasteiger partial charge >= 0.3 is 0 Å². The van der Waals surface area contributed by atoms with Crippen LogP contribution in [0.5, 0.6) is 11.5 Å². The summed E-state index contributed by atoms with van der Waals surface area (Å²) in [5.41, 5.74) is 3.35. The summed E-state index contributed by atoms with van der Waals surface area (Å²) in [6.07, 6.45) is 0. The summed E-state index contributed by atoms with van der Waals surface area (Å²) in [5, 5.41) is 7.96. The lowest BCUT2D eigenvalue weighted by Gasteiger charge is -2.37. The molecule has 0 aromatic heterocycles. The summed E-state index contributed by atoms with van der Waals surface area (Å²) in [4.78, 5) is 7.42. The van der Waals surface area contributed by atoms with Crippen LogP contribution < -0.4 is 20.0 Å². The Hall–Kier alpha value is -4.42. The molecule has 0 aliphatic carbocycles. The van der Waals surface area contributed by atoms with Crippen LogP contribution >= 0.6 is 23.5 Å². The van der Waals surface area contributed by atoms with E-state index in [0.29, 0.717) is 0 Å². The van der Waals surface area contributed by atoms with E-state index in [9.17, 15) is 0 Å². The second-order valence-corrected chi connectivity index (χ2v) is 18.7. The number of rotatable bonds is 3. The van der Waals surface area contributed by atoms with Crippen molar-refractivity contribution < 1.29 is 4.74 Å². The minimum atomic E-state index is -1.94. The zero-order valence-electron chi connectivity index (χ0n) is 25.0. The van der Waals surface area contributed by atoms with E-state index >= 15 is 0 Å². The Labute approximate surface area is 272 Å². The lowest BCUT2D eigenvalue weighted by Crippen LogP contribution is -2.56. The Kier molecular flexibility index (Phi) is 6.17. The number of anilines is 3. The quantitative estimate of drug-likeness (QED) is 0.142. The molecule has 0 radical (unpaired) electrons. The summed E-state index contributed by atoms with van der Waals surface area (Å²) in [6, 6.07) is 50.9. The van der Waals surface area contributed by atoms with Crippen LogP contribution in [0.25, 0.3) is 21.5 Å². The Morgan fingerprint density at radius 2 is 1.16 bits per heavy atom. The zero-order valence-corrected chi connectivity index (χ0v) is 27.6. The van der Waals surface area contributed by atoms with Crippen LogP contribution in [0.4, 0.5) is 17.1 Å². The van der Waals surface area contributed by atoms with Crippen molar-refractivity contribution in [2.24, 2.45) is 0 Å². The highest BCUT2D eigenvalue weighted by Crippen LogP contribution is 2.54. The predicted molar refractivity (Wildman–Crippen MR) is 194 cm³/mol. The maximum Gasteiger partial charge on any atom is 0.165 e. The topological polar surface area (TPSA) is 12.5 Å². The van der Waals surface area contributed by atoms with Crippen LogP contribution in [0.1, 0.15) is 0 Å². The summed E-state index contributed by atoms with van der Waals surface area (Å²) in [6.45, 7) is 4.97. The third-order valence-electron chi connectivity index (χ3n) is 9.11. The largest absolute Gasteiger partial charge is 0.453 e. The molecule has 2 nitrogen and oxygen atoms in total. The maximum absolute atomic E-state index is 6.76. The van der Waals surface area contributed by atoms with E-state index in [-0.39, 0.29) is 0 Å². The van der Waals surface area contributed by atoms with Gasteiger partial charge in [-0.2, -0.15) is 0 Å². The predicted octanol–water partition coefficient (Wildman–Crippen LogP) is 11.0. The summed E-state index contributed by atoms with van der Waals surface area (Å²) >= 11 is 3.69. The van der Waals surface area contributed by atoms with Crippen molar-refractivity contribution in [2.75, 3.05) is 4.90 Å². The molecule has 0 bridgehead atoms. The van der Waals surface area contributed by atoms with E-state index in [1.807, 2.05) is 17.8 Å². The minimum Gasteiger partial charge on any atom is -0.453 e. The van der Waals surface area contributed by atoms with Gasteiger partial charge in [-0.05, 0) is 92.6 Å². The van der Waals surface area contributed by atoms with Crippen LogP contribution in [0.15, 0.2) is 159 Å². The molecule has 0 amide bonds. The van der Waals surface area contributed by atoms with Gasteiger partial charge in [0.15, 0.2) is 5.75 Å². The van der Waals surface area contributed by atoms with Gasteiger partial charge in [0.05, 0.1) is 21.2 Å². The van der Waals surface area contributed by atoms with E-state index in [0.717, 1.165) is 32.7 Å². The number of ether oxygens (including phenoxy) is 1. The second kappa shape index (κ2) is 10.3. The zero-order chi connectivity index (χ0) is 30.1. The van der Waals surface area contributed by atoms with Crippen LogP contribution in [0.3, 0.4) is 0 Å². The first-order chi connectivity index (χ1) is 22.0. The molecule has 0 spiro atoms. The van der Waals surface area contributed by atoms with Crippen LogP contribution in [-0.4, -0.2) is 8.07 Å². The van der Waals surface area contributed by atoms with E-state index in [2.05, 4.69) is 151 Å². The van der Waals surface area contributed by atoms with Gasteiger partial charge in [-0.3, -0.25) is 0 Å². The molecular formula is C40H29NOS2Si. The highest BCUT2D eigenvalue weighted by Gasteiger charge is 2.37. The SMILES string of the molecule is C[Si]1(C)c2ccccc2Sc2c(N(c3ccc4cc5ccccc5cc4c3)c3cccc4c3Oc3ccccc3S4)cccc21. The molecule has 0 fully saturated rings. The third kappa shape index (κ3) is 4.33. The average Bonchev–Trinajstić information content (AvgIpc) is 3.07. The van der Waals surface area contributed by atoms with Gasteiger partial charge in [0.25, 0.3) is 0 Å². The van der Waals surface area contributed by atoms with Gasteiger partial charge < -0.3 is 9.64 Å². The summed E-state index contributed by atoms with van der Waals surface area (Å²) in [7, 11) is -1.94. The third-order valence-corrected chi connectivity index (χ3v) is 15.3. The van der Waals surface area contributed by atoms with Gasteiger partial charge in [-0.25, -0.2) is 0 Å². The Morgan fingerprint density at radius 3 is 2.02 bits per heavy atom. The standard InChI is InChI=1S/C40H29NOS2Si/c1-45(2)37-19-8-7-17-35(37)44-40-32(14-10-20-38(40)45)41(30-22-21-28-23-26-11-3-4-12-27(26)24-29(28)25-30)31-13-9-18-36-39(31)42-33-15-5-6-16-34(33)43-36/h3-25H,1-2H3. The average molecular weight is 632 g/mol. The summed E-state index contributed by atoms with van der Waals surface area (Å²) < 4.78 is 6.76. The van der Waals surface area contributed by atoms with Crippen molar-refractivity contribution in [3.05, 3.63) is 140 Å². The highest BCUT2D eigenvalue weighted by molar-refractivity contribution is 8.00. The normalized spacial score (nSPS) is 14.2. The number of fused-ring (bicyclic) bond motifs is 6. The molecule has 0 unspecified atom stereocenters. The molecular weight excluding hydrogens is 603 g/mol. The molecule has 0 saturated heterocycles. The lowest BCUT2D eigenvalue weighted by atomic mass is 10.0. The van der Waals surface area contributed by atoms with E-state index in [1.54, 1.807) is 11.8 Å². The smallest absolute Gasteiger partial charge is 0.165 e. The van der Waals surface area contributed by atoms with Crippen molar-refractivity contribution in [3.8, 4) is 11.5 Å². The number of hydrogen-bond donors (Lipinski definition) is 0. The molecule has 0 N–H and O–H groups in total. The molecule has 9 rings (SSSR count). The molecule has 2 aliphatic rings. The number of nitrogens with zero attached hydrogens (tertiary/aromatic N) is 1. The van der Waals surface area contributed by atoms with Crippen molar-refractivity contribution in [1.29, 1.82) is 0 Å². The molecule has 0 saturated carbocycles. The molecule has 2 aliphatic heterocycles. The highest BCUT2D eigenvalue weighted by atomic mass is 32.2. The van der Waals surface area contributed by atoms with Gasteiger partial charge in [0.2, 0.25) is 0 Å². The lowest BCUT2D eigenvalue weighted by molar-refractivity contribution is 0.455. The van der Waals surface area contributed by atoms with Crippen LogP contribution in [0.2, 0.25) is 13.1 Å². The van der Waals surface area contributed by atoms with Crippen LogP contribution in [0, 0.1) is 0 Å².